The van der Waals surface area contributed by atoms with E-state index < -0.39 is 0 Å². The smallest absolute Gasteiger partial charge is 0.0667 e. The fourth-order valence-electron chi connectivity index (χ4n) is 4.18. The first-order chi connectivity index (χ1) is 9.29. The van der Waals surface area contributed by atoms with Gasteiger partial charge in [0.1, 0.15) is 0 Å². The number of hydrogen-bond acceptors (Lipinski definition) is 2. The molecular weight excluding hydrogens is 234 g/mol. The lowest BCUT2D eigenvalue weighted by Gasteiger charge is -2.31. The Bertz CT molecular complexity index is 231. The molecule has 0 spiro atoms. The fraction of sp³-hybridized carbons (Fsp3) is 1.00. The zero-order valence-corrected chi connectivity index (χ0v) is 12.7. The Morgan fingerprint density at radius 3 is 2.26 bits per heavy atom. The topological polar surface area (TPSA) is 32.3 Å². The molecule has 2 aliphatic rings. The van der Waals surface area contributed by atoms with Crippen molar-refractivity contribution in [1.82, 2.24) is 5.32 Å². The lowest BCUT2D eigenvalue weighted by molar-refractivity contribution is 0.129. The summed E-state index contributed by atoms with van der Waals surface area (Å²) in [6.45, 7) is 3.10. The molecule has 2 aliphatic carbocycles. The van der Waals surface area contributed by atoms with Crippen LogP contribution in [0.3, 0.4) is 0 Å². The second-order valence-corrected chi connectivity index (χ2v) is 6.86. The predicted octanol–water partition coefficient (Wildman–Crippen LogP) is 3.88. The third kappa shape index (κ3) is 5.07. The van der Waals surface area contributed by atoms with Crippen molar-refractivity contribution >= 4 is 0 Å². The standard InChI is InChI=1S/C17H33NO/c1-2-17(15-10-4-3-5-11-15)18-13-16(19)12-14-8-6-7-9-14/h14-19H,2-13H2,1H3. The van der Waals surface area contributed by atoms with Gasteiger partial charge in [0.25, 0.3) is 0 Å². The van der Waals surface area contributed by atoms with Gasteiger partial charge < -0.3 is 10.4 Å². The zero-order chi connectivity index (χ0) is 13.5. The highest BCUT2D eigenvalue weighted by Crippen LogP contribution is 2.29. The molecule has 2 heteroatoms. The Kier molecular flexibility index (Phi) is 6.66. The summed E-state index contributed by atoms with van der Waals surface area (Å²) >= 11 is 0. The Hall–Kier alpha value is -0.0800. The maximum Gasteiger partial charge on any atom is 0.0667 e. The Balaban J connectivity index is 1.66. The average molecular weight is 267 g/mol. The van der Waals surface area contributed by atoms with Crippen LogP contribution in [-0.2, 0) is 0 Å². The highest BCUT2D eigenvalue weighted by Gasteiger charge is 2.23. The summed E-state index contributed by atoms with van der Waals surface area (Å²) in [6.07, 6.45) is 14.6. The van der Waals surface area contributed by atoms with Gasteiger partial charge in [-0.3, -0.25) is 0 Å². The van der Waals surface area contributed by atoms with Crippen molar-refractivity contribution in [3.8, 4) is 0 Å². The van der Waals surface area contributed by atoms with E-state index in [1.807, 2.05) is 0 Å². The highest BCUT2D eigenvalue weighted by atomic mass is 16.3. The molecule has 0 saturated heterocycles. The number of rotatable bonds is 7. The van der Waals surface area contributed by atoms with Crippen LogP contribution in [0, 0.1) is 11.8 Å². The van der Waals surface area contributed by atoms with Gasteiger partial charge in [0.05, 0.1) is 6.10 Å². The van der Waals surface area contributed by atoms with Gasteiger partial charge in [-0.1, -0.05) is 51.9 Å². The van der Waals surface area contributed by atoms with E-state index in [-0.39, 0.29) is 6.10 Å². The molecular formula is C17H33NO. The van der Waals surface area contributed by atoms with Crippen LogP contribution in [0.5, 0.6) is 0 Å². The Morgan fingerprint density at radius 2 is 1.63 bits per heavy atom. The molecule has 2 unspecified atom stereocenters. The van der Waals surface area contributed by atoms with Crippen LogP contribution >= 0.6 is 0 Å². The number of aliphatic hydroxyl groups is 1. The van der Waals surface area contributed by atoms with Crippen molar-refractivity contribution in [2.24, 2.45) is 11.8 Å². The fourth-order valence-corrected chi connectivity index (χ4v) is 4.18. The van der Waals surface area contributed by atoms with E-state index in [1.54, 1.807) is 0 Å². The SMILES string of the molecule is CCC(NCC(O)CC1CCCC1)C1CCCCC1. The van der Waals surface area contributed by atoms with Crippen LogP contribution in [0.2, 0.25) is 0 Å². The molecule has 0 amide bonds. The van der Waals surface area contributed by atoms with Crippen LogP contribution < -0.4 is 5.32 Å². The number of aliphatic hydroxyl groups excluding tert-OH is 1. The summed E-state index contributed by atoms with van der Waals surface area (Å²) in [6, 6.07) is 0.638. The first-order valence-electron chi connectivity index (χ1n) is 8.71. The van der Waals surface area contributed by atoms with E-state index in [0.717, 1.165) is 24.8 Å². The molecule has 0 aromatic rings. The second kappa shape index (κ2) is 8.26. The van der Waals surface area contributed by atoms with E-state index in [0.29, 0.717) is 6.04 Å². The molecule has 0 bridgehead atoms. The maximum absolute atomic E-state index is 10.2. The van der Waals surface area contributed by atoms with Crippen molar-refractivity contribution in [2.45, 2.75) is 89.7 Å². The van der Waals surface area contributed by atoms with Gasteiger partial charge in [0, 0.05) is 12.6 Å². The quantitative estimate of drug-likeness (QED) is 0.734. The van der Waals surface area contributed by atoms with Crippen molar-refractivity contribution < 1.29 is 5.11 Å². The Morgan fingerprint density at radius 1 is 1.00 bits per heavy atom. The van der Waals surface area contributed by atoms with E-state index >= 15 is 0 Å². The summed E-state index contributed by atoms with van der Waals surface area (Å²) in [5, 5.41) is 13.9. The minimum Gasteiger partial charge on any atom is -0.392 e. The van der Waals surface area contributed by atoms with E-state index in [2.05, 4.69) is 12.2 Å². The van der Waals surface area contributed by atoms with Gasteiger partial charge in [-0.15, -0.1) is 0 Å². The van der Waals surface area contributed by atoms with Crippen LogP contribution in [0.15, 0.2) is 0 Å². The van der Waals surface area contributed by atoms with Crippen molar-refractivity contribution in [3.05, 3.63) is 0 Å². The van der Waals surface area contributed by atoms with Gasteiger partial charge in [-0.05, 0) is 37.5 Å². The summed E-state index contributed by atoms with van der Waals surface area (Å²) in [5.41, 5.74) is 0. The molecule has 19 heavy (non-hydrogen) atoms. The molecule has 0 radical (unpaired) electrons. The average Bonchev–Trinajstić information content (AvgIpc) is 2.93. The molecule has 2 nitrogen and oxygen atoms in total. The van der Waals surface area contributed by atoms with Gasteiger partial charge in [-0.25, -0.2) is 0 Å². The van der Waals surface area contributed by atoms with E-state index in [4.69, 9.17) is 0 Å². The summed E-state index contributed by atoms with van der Waals surface area (Å²) in [7, 11) is 0. The van der Waals surface area contributed by atoms with Crippen LogP contribution in [0.4, 0.5) is 0 Å². The maximum atomic E-state index is 10.2. The minimum atomic E-state index is -0.124. The highest BCUT2D eigenvalue weighted by molar-refractivity contribution is 4.80. The zero-order valence-electron chi connectivity index (χ0n) is 12.7. The number of nitrogens with one attached hydrogen (secondary N) is 1. The molecule has 2 N–H and O–H groups in total. The Labute approximate surface area is 119 Å². The third-order valence-corrected chi connectivity index (χ3v) is 5.35. The molecule has 2 fully saturated rings. The van der Waals surface area contributed by atoms with Crippen molar-refractivity contribution in [1.29, 1.82) is 0 Å². The molecule has 0 aromatic heterocycles. The lowest BCUT2D eigenvalue weighted by atomic mass is 9.83. The van der Waals surface area contributed by atoms with Crippen LogP contribution in [0.1, 0.15) is 77.6 Å². The van der Waals surface area contributed by atoms with Gasteiger partial charge in [-0.2, -0.15) is 0 Å². The lowest BCUT2D eigenvalue weighted by Crippen LogP contribution is -2.41. The monoisotopic (exact) mass is 267 g/mol. The largest absolute Gasteiger partial charge is 0.392 e. The van der Waals surface area contributed by atoms with Crippen molar-refractivity contribution in [3.63, 3.8) is 0 Å². The summed E-state index contributed by atoms with van der Waals surface area (Å²) in [4.78, 5) is 0. The first-order valence-corrected chi connectivity index (χ1v) is 8.71. The van der Waals surface area contributed by atoms with Crippen LogP contribution in [-0.4, -0.2) is 23.8 Å². The molecule has 2 atom stereocenters. The molecule has 112 valence electrons. The normalized spacial score (nSPS) is 25.6. The predicted molar refractivity (Wildman–Crippen MR) is 81.2 cm³/mol. The molecule has 0 heterocycles. The first kappa shape index (κ1) is 15.3. The molecule has 2 saturated carbocycles. The number of hydrogen-bond donors (Lipinski definition) is 2. The van der Waals surface area contributed by atoms with E-state index in [9.17, 15) is 5.11 Å². The molecule has 2 rings (SSSR count). The van der Waals surface area contributed by atoms with Gasteiger partial charge in [0.2, 0.25) is 0 Å². The third-order valence-electron chi connectivity index (χ3n) is 5.35. The molecule has 0 aliphatic heterocycles. The summed E-state index contributed by atoms with van der Waals surface area (Å²) in [5.74, 6) is 1.66. The van der Waals surface area contributed by atoms with Gasteiger partial charge >= 0.3 is 0 Å². The minimum absolute atomic E-state index is 0.124. The van der Waals surface area contributed by atoms with Gasteiger partial charge in [0.15, 0.2) is 0 Å². The van der Waals surface area contributed by atoms with E-state index in [1.165, 1.54) is 64.2 Å². The van der Waals surface area contributed by atoms with Crippen LogP contribution in [0.25, 0.3) is 0 Å². The second-order valence-electron chi connectivity index (χ2n) is 6.86. The summed E-state index contributed by atoms with van der Waals surface area (Å²) < 4.78 is 0. The van der Waals surface area contributed by atoms with Crippen molar-refractivity contribution in [2.75, 3.05) is 6.54 Å². The molecule has 0 aromatic carbocycles.